The second-order valence-corrected chi connectivity index (χ2v) is 6.80. The molecule has 1 aliphatic rings. The fraction of sp³-hybridized carbons (Fsp3) is 0.500. The van der Waals surface area contributed by atoms with E-state index in [4.69, 9.17) is 0 Å². The Morgan fingerprint density at radius 1 is 1.26 bits per heavy atom. The van der Waals surface area contributed by atoms with Crippen molar-refractivity contribution in [3.63, 3.8) is 0 Å². The summed E-state index contributed by atoms with van der Waals surface area (Å²) in [6.45, 7) is 3.32. The van der Waals surface area contributed by atoms with E-state index in [-0.39, 0.29) is 10.6 Å². The van der Waals surface area contributed by atoms with E-state index in [0.29, 0.717) is 11.3 Å². The van der Waals surface area contributed by atoms with Crippen molar-refractivity contribution in [3.05, 3.63) is 27.8 Å². The fourth-order valence-corrected chi connectivity index (χ4v) is 3.43. The molecule has 1 aromatic carbocycles. The summed E-state index contributed by atoms with van der Waals surface area (Å²) < 4.78 is 23.5. The van der Waals surface area contributed by atoms with Gasteiger partial charge in [0.15, 0.2) is 9.84 Å². The van der Waals surface area contributed by atoms with Gasteiger partial charge >= 0.3 is 0 Å². The second-order valence-electron chi connectivity index (χ2n) is 4.81. The molecule has 7 heteroatoms. The molecule has 0 amide bonds. The molecule has 1 heterocycles. The van der Waals surface area contributed by atoms with Crippen molar-refractivity contribution in [1.82, 2.24) is 0 Å². The smallest absolute Gasteiger partial charge is 0.272 e. The van der Waals surface area contributed by atoms with Crippen molar-refractivity contribution in [1.29, 1.82) is 0 Å². The van der Waals surface area contributed by atoms with Crippen LogP contribution in [0.5, 0.6) is 0 Å². The summed E-state index contributed by atoms with van der Waals surface area (Å²) in [5.74, 6) is 0. The number of nitro groups is 1. The highest BCUT2D eigenvalue weighted by Crippen LogP contribution is 2.33. The Bertz CT molecular complexity index is 619. The number of benzene rings is 1. The van der Waals surface area contributed by atoms with E-state index in [1.807, 2.05) is 4.90 Å². The Hall–Kier alpha value is -1.63. The van der Waals surface area contributed by atoms with Gasteiger partial charge in [0.25, 0.3) is 5.69 Å². The van der Waals surface area contributed by atoms with Crippen LogP contribution in [0.1, 0.15) is 18.4 Å². The van der Waals surface area contributed by atoms with Gasteiger partial charge in [0.2, 0.25) is 0 Å². The first-order chi connectivity index (χ1) is 8.80. The normalized spacial score (nSPS) is 15.8. The van der Waals surface area contributed by atoms with Gasteiger partial charge in [-0.1, -0.05) is 0 Å². The summed E-state index contributed by atoms with van der Waals surface area (Å²) in [6.07, 6.45) is 3.12. The number of non-ortho nitro benzene ring substituents is 1. The van der Waals surface area contributed by atoms with Crippen LogP contribution >= 0.6 is 0 Å². The SMILES string of the molecule is Cc1c(N2CCCC2)cc([N+](=O)[O-])cc1S(C)(=O)=O. The first-order valence-electron chi connectivity index (χ1n) is 6.05. The van der Waals surface area contributed by atoms with Gasteiger partial charge in [0.1, 0.15) is 0 Å². The Balaban J connectivity index is 2.65. The monoisotopic (exact) mass is 284 g/mol. The molecule has 1 aromatic rings. The van der Waals surface area contributed by atoms with E-state index in [2.05, 4.69) is 0 Å². The number of nitro benzene ring substituents is 1. The number of rotatable bonds is 3. The van der Waals surface area contributed by atoms with Crippen LogP contribution in [0.4, 0.5) is 11.4 Å². The maximum absolute atomic E-state index is 11.8. The lowest BCUT2D eigenvalue weighted by molar-refractivity contribution is -0.385. The Morgan fingerprint density at radius 3 is 2.32 bits per heavy atom. The molecule has 2 rings (SSSR count). The average molecular weight is 284 g/mol. The predicted molar refractivity (Wildman–Crippen MR) is 72.4 cm³/mol. The van der Waals surface area contributed by atoms with E-state index >= 15 is 0 Å². The third-order valence-corrected chi connectivity index (χ3v) is 4.60. The minimum atomic E-state index is -3.47. The highest BCUT2D eigenvalue weighted by atomic mass is 32.2. The quantitative estimate of drug-likeness (QED) is 0.625. The van der Waals surface area contributed by atoms with Crippen LogP contribution in [0.15, 0.2) is 17.0 Å². The summed E-state index contributed by atoms with van der Waals surface area (Å²) in [5, 5.41) is 11.0. The van der Waals surface area contributed by atoms with Crippen molar-refractivity contribution in [2.75, 3.05) is 24.2 Å². The Kier molecular flexibility index (Phi) is 3.49. The molecule has 0 aliphatic carbocycles. The van der Waals surface area contributed by atoms with Crippen LogP contribution in [0.3, 0.4) is 0 Å². The lowest BCUT2D eigenvalue weighted by Gasteiger charge is -2.21. The molecule has 0 radical (unpaired) electrons. The molecule has 0 spiro atoms. The van der Waals surface area contributed by atoms with Crippen molar-refractivity contribution in [2.24, 2.45) is 0 Å². The van der Waals surface area contributed by atoms with Crippen molar-refractivity contribution in [3.8, 4) is 0 Å². The highest BCUT2D eigenvalue weighted by Gasteiger charge is 2.24. The zero-order valence-electron chi connectivity index (χ0n) is 10.9. The predicted octanol–water partition coefficient (Wildman–Crippen LogP) is 1.91. The largest absolute Gasteiger partial charge is 0.371 e. The van der Waals surface area contributed by atoms with Gasteiger partial charge < -0.3 is 4.90 Å². The van der Waals surface area contributed by atoms with Gasteiger partial charge in [-0.3, -0.25) is 10.1 Å². The zero-order chi connectivity index (χ0) is 14.2. The molecule has 0 saturated carbocycles. The maximum atomic E-state index is 11.8. The van der Waals surface area contributed by atoms with Crippen LogP contribution in [-0.4, -0.2) is 32.7 Å². The number of sulfone groups is 1. The van der Waals surface area contributed by atoms with Gasteiger partial charge in [-0.25, -0.2) is 8.42 Å². The van der Waals surface area contributed by atoms with Crippen molar-refractivity contribution >= 4 is 21.2 Å². The molecular formula is C12H16N2O4S. The summed E-state index contributed by atoms with van der Waals surface area (Å²) in [6, 6.07) is 2.61. The molecule has 0 unspecified atom stereocenters. The average Bonchev–Trinajstić information content (AvgIpc) is 2.80. The molecule has 104 valence electrons. The van der Waals surface area contributed by atoms with Gasteiger partial charge in [-0.15, -0.1) is 0 Å². The molecule has 19 heavy (non-hydrogen) atoms. The van der Waals surface area contributed by atoms with Gasteiger partial charge in [-0.2, -0.15) is 0 Å². The Morgan fingerprint density at radius 2 is 1.84 bits per heavy atom. The summed E-state index contributed by atoms with van der Waals surface area (Å²) in [4.78, 5) is 12.5. The van der Waals surface area contributed by atoms with E-state index in [1.165, 1.54) is 6.07 Å². The molecule has 0 aromatic heterocycles. The van der Waals surface area contributed by atoms with Crippen LogP contribution in [0, 0.1) is 17.0 Å². The number of nitrogens with zero attached hydrogens (tertiary/aromatic N) is 2. The highest BCUT2D eigenvalue weighted by molar-refractivity contribution is 7.90. The topological polar surface area (TPSA) is 80.5 Å². The standard InChI is InChI=1S/C12H16N2O4S/c1-9-11(13-5-3-4-6-13)7-10(14(15)16)8-12(9)19(2,17)18/h7-8H,3-6H2,1-2H3. The zero-order valence-corrected chi connectivity index (χ0v) is 11.7. The van der Waals surface area contributed by atoms with Gasteiger partial charge in [0, 0.05) is 37.2 Å². The van der Waals surface area contributed by atoms with E-state index in [1.54, 1.807) is 6.92 Å². The molecular weight excluding hydrogens is 268 g/mol. The minimum absolute atomic E-state index is 0.0450. The molecule has 1 aliphatic heterocycles. The first-order valence-corrected chi connectivity index (χ1v) is 7.94. The molecule has 1 saturated heterocycles. The Labute approximate surface area is 112 Å². The molecule has 6 nitrogen and oxygen atoms in total. The minimum Gasteiger partial charge on any atom is -0.371 e. The lowest BCUT2D eigenvalue weighted by Crippen LogP contribution is -2.20. The first kappa shape index (κ1) is 13.8. The molecule has 0 bridgehead atoms. The molecule has 0 atom stereocenters. The lowest BCUT2D eigenvalue weighted by atomic mass is 10.1. The van der Waals surface area contributed by atoms with Crippen LogP contribution in [-0.2, 0) is 9.84 Å². The molecule has 0 N–H and O–H groups in total. The van der Waals surface area contributed by atoms with E-state index < -0.39 is 14.8 Å². The van der Waals surface area contributed by atoms with Crippen LogP contribution < -0.4 is 4.90 Å². The van der Waals surface area contributed by atoms with Crippen molar-refractivity contribution < 1.29 is 13.3 Å². The fourth-order valence-electron chi connectivity index (χ4n) is 2.44. The van der Waals surface area contributed by atoms with Crippen molar-refractivity contribution in [2.45, 2.75) is 24.7 Å². The number of hydrogen-bond acceptors (Lipinski definition) is 5. The third-order valence-electron chi connectivity index (χ3n) is 3.37. The van der Waals surface area contributed by atoms with Gasteiger partial charge in [-0.05, 0) is 25.3 Å². The molecule has 1 fully saturated rings. The van der Waals surface area contributed by atoms with Crippen LogP contribution in [0.2, 0.25) is 0 Å². The summed E-state index contributed by atoms with van der Waals surface area (Å²) in [5.41, 5.74) is 1.08. The van der Waals surface area contributed by atoms with E-state index in [9.17, 15) is 18.5 Å². The summed E-state index contributed by atoms with van der Waals surface area (Å²) in [7, 11) is -3.47. The third kappa shape index (κ3) is 2.70. The second kappa shape index (κ2) is 4.80. The van der Waals surface area contributed by atoms with Crippen LogP contribution in [0.25, 0.3) is 0 Å². The summed E-state index contributed by atoms with van der Waals surface area (Å²) >= 11 is 0. The van der Waals surface area contributed by atoms with Gasteiger partial charge in [0.05, 0.1) is 9.82 Å². The number of anilines is 1. The van der Waals surface area contributed by atoms with E-state index in [0.717, 1.165) is 38.3 Å². The maximum Gasteiger partial charge on any atom is 0.272 e. The number of hydrogen-bond donors (Lipinski definition) is 0.